The Bertz CT molecular complexity index is 2030. The van der Waals surface area contributed by atoms with E-state index >= 15 is 0 Å². The Labute approximate surface area is 651 Å². The number of phosphoric acid groups is 2. The van der Waals surface area contributed by atoms with Gasteiger partial charge in [0.05, 0.1) is 26.4 Å². The highest BCUT2D eigenvalue weighted by atomic mass is 31.2. The molecule has 0 fully saturated rings. The summed E-state index contributed by atoms with van der Waals surface area (Å²) in [6.45, 7) is 9.70. The quantitative estimate of drug-likeness (QED) is 0.0222. The van der Waals surface area contributed by atoms with E-state index in [1.165, 1.54) is 283 Å². The number of rotatable bonds is 86. The number of carbonyl (C=O) groups excluding carboxylic acids is 4. The normalized spacial score (nSPS) is 13.8. The van der Waals surface area contributed by atoms with Gasteiger partial charge in [-0.25, -0.2) is 9.13 Å². The van der Waals surface area contributed by atoms with Gasteiger partial charge in [-0.2, -0.15) is 0 Å². The molecule has 0 aliphatic rings. The van der Waals surface area contributed by atoms with Gasteiger partial charge in [0.25, 0.3) is 0 Å². The van der Waals surface area contributed by atoms with Crippen LogP contribution < -0.4 is 0 Å². The Morgan fingerprint density at radius 1 is 0.255 bits per heavy atom. The first kappa shape index (κ1) is 104. The average molecular weight is 1550 g/mol. The van der Waals surface area contributed by atoms with Crippen LogP contribution in [0.3, 0.4) is 0 Å². The zero-order chi connectivity index (χ0) is 77.8. The lowest BCUT2D eigenvalue weighted by Crippen LogP contribution is -2.30. The SMILES string of the molecule is CCCCCCCCCCCCCCCCCCCCCC(=O)OC[C@H](COP(=O)(O)OC[C@@H](O)COP(=O)(O)OC[C@@H](COC(=O)CCCCCCCCCCCC(C)C)OC(=O)CCCCCCCCCCCCCCCC)OC(=O)CCCCCCCCCCCCCCCCCCCCC(C)C. The molecule has 0 aliphatic heterocycles. The molecule has 0 aliphatic carbocycles. The molecule has 3 N–H and O–H groups in total. The number of aliphatic hydroxyl groups is 1. The summed E-state index contributed by atoms with van der Waals surface area (Å²) < 4.78 is 68.9. The summed E-state index contributed by atoms with van der Waals surface area (Å²) >= 11 is 0. The summed E-state index contributed by atoms with van der Waals surface area (Å²) in [7, 11) is -9.93. The number of hydrogen-bond acceptors (Lipinski definition) is 15. The number of carbonyl (C=O) groups is 4. The van der Waals surface area contributed by atoms with Crippen molar-refractivity contribution in [1.29, 1.82) is 0 Å². The van der Waals surface area contributed by atoms with Gasteiger partial charge < -0.3 is 33.8 Å². The van der Waals surface area contributed by atoms with Gasteiger partial charge in [0.15, 0.2) is 12.2 Å². The van der Waals surface area contributed by atoms with Crippen LogP contribution in [0.1, 0.15) is 465 Å². The minimum atomic E-state index is -4.97. The molecular formula is C87H170O17P2. The van der Waals surface area contributed by atoms with Gasteiger partial charge in [0, 0.05) is 25.7 Å². The highest BCUT2D eigenvalue weighted by Crippen LogP contribution is 2.45. The molecule has 19 heteroatoms. The van der Waals surface area contributed by atoms with E-state index in [1.807, 2.05) is 0 Å². The molecule has 17 nitrogen and oxygen atoms in total. The largest absolute Gasteiger partial charge is 0.472 e. The maximum Gasteiger partial charge on any atom is 0.472 e. The van der Waals surface area contributed by atoms with Crippen LogP contribution >= 0.6 is 15.6 Å². The lowest BCUT2D eigenvalue weighted by molar-refractivity contribution is -0.161. The summed E-state index contributed by atoms with van der Waals surface area (Å²) in [5, 5.41) is 10.7. The highest BCUT2D eigenvalue weighted by Gasteiger charge is 2.30. The molecule has 0 aromatic rings. The van der Waals surface area contributed by atoms with E-state index in [-0.39, 0.29) is 25.7 Å². The fourth-order valence-electron chi connectivity index (χ4n) is 13.6. The van der Waals surface area contributed by atoms with Gasteiger partial charge in [0.1, 0.15) is 19.3 Å². The molecule has 0 aromatic carbocycles. The van der Waals surface area contributed by atoms with Crippen molar-refractivity contribution >= 4 is 39.5 Å². The smallest absolute Gasteiger partial charge is 0.462 e. The van der Waals surface area contributed by atoms with Crippen molar-refractivity contribution in [3.63, 3.8) is 0 Å². The van der Waals surface area contributed by atoms with Gasteiger partial charge in [-0.15, -0.1) is 0 Å². The number of hydrogen-bond donors (Lipinski definition) is 3. The minimum Gasteiger partial charge on any atom is -0.462 e. The Kier molecular flexibility index (Phi) is 76.9. The van der Waals surface area contributed by atoms with Gasteiger partial charge >= 0.3 is 39.5 Å². The van der Waals surface area contributed by atoms with Crippen LogP contribution in [-0.4, -0.2) is 96.7 Å². The highest BCUT2D eigenvalue weighted by molar-refractivity contribution is 7.47. The van der Waals surface area contributed by atoms with Crippen LogP contribution in [0.2, 0.25) is 0 Å². The molecule has 0 radical (unpaired) electrons. The topological polar surface area (TPSA) is 237 Å². The third kappa shape index (κ3) is 80.1. The Morgan fingerprint density at radius 2 is 0.434 bits per heavy atom. The van der Waals surface area contributed by atoms with Crippen molar-refractivity contribution in [3.05, 3.63) is 0 Å². The summed E-state index contributed by atoms with van der Waals surface area (Å²) in [6.07, 6.45) is 70.8. The second-order valence-corrected chi connectivity index (χ2v) is 35.1. The maximum absolute atomic E-state index is 13.2. The van der Waals surface area contributed by atoms with Crippen LogP contribution in [0.15, 0.2) is 0 Å². The summed E-state index contributed by atoms with van der Waals surface area (Å²) in [5.41, 5.74) is 0. The van der Waals surface area contributed by atoms with E-state index < -0.39 is 97.5 Å². The molecule has 0 saturated carbocycles. The number of phosphoric ester groups is 2. The molecule has 0 saturated heterocycles. The van der Waals surface area contributed by atoms with Crippen LogP contribution in [0.4, 0.5) is 0 Å². The zero-order valence-corrected chi connectivity index (χ0v) is 71.5. The van der Waals surface area contributed by atoms with Crippen molar-refractivity contribution in [2.24, 2.45) is 11.8 Å². The summed E-state index contributed by atoms with van der Waals surface area (Å²) in [5.74, 6) is -0.536. The lowest BCUT2D eigenvalue weighted by atomic mass is 10.0. The molecule has 2 unspecified atom stereocenters. The molecular weight excluding hydrogens is 1380 g/mol. The molecule has 630 valence electrons. The first-order chi connectivity index (χ1) is 51.4. The number of unbranched alkanes of at least 4 members (excludes halogenated alkanes) is 56. The van der Waals surface area contributed by atoms with Gasteiger partial charge in [-0.3, -0.25) is 37.3 Å². The van der Waals surface area contributed by atoms with Crippen molar-refractivity contribution < 1.29 is 80.2 Å². The summed E-state index contributed by atoms with van der Waals surface area (Å²) in [4.78, 5) is 73.3. The molecule has 0 bridgehead atoms. The molecule has 106 heavy (non-hydrogen) atoms. The number of ether oxygens (including phenoxy) is 4. The van der Waals surface area contributed by atoms with E-state index in [1.54, 1.807) is 0 Å². The Morgan fingerprint density at radius 3 is 0.642 bits per heavy atom. The van der Waals surface area contributed by atoms with Crippen molar-refractivity contribution in [2.45, 2.75) is 484 Å². The van der Waals surface area contributed by atoms with Crippen LogP contribution in [-0.2, 0) is 65.4 Å². The third-order valence-electron chi connectivity index (χ3n) is 20.5. The van der Waals surface area contributed by atoms with E-state index in [0.29, 0.717) is 25.7 Å². The molecule has 0 rings (SSSR count). The molecule has 0 amide bonds. The minimum absolute atomic E-state index is 0.108. The zero-order valence-electron chi connectivity index (χ0n) is 69.7. The van der Waals surface area contributed by atoms with E-state index in [2.05, 4.69) is 41.5 Å². The number of esters is 4. The number of aliphatic hydroxyl groups excluding tert-OH is 1. The molecule has 0 spiro atoms. The summed E-state index contributed by atoms with van der Waals surface area (Å²) in [6, 6.07) is 0. The van der Waals surface area contributed by atoms with Gasteiger partial charge in [-0.05, 0) is 37.5 Å². The standard InChI is InChI=1S/C87H170O17P2/c1-7-9-11-13-15-17-19-21-23-24-25-29-32-36-39-45-51-57-63-69-84(89)97-75-82(103-87(92)72-66-60-54-47-41-37-33-30-27-26-28-31-34-38-43-49-55-61-67-79(3)4)77-101-105(93,94)99-73-81(88)74-100-106(95,96)102-78-83(76-98-85(90)70-64-58-52-48-42-44-50-56-62-68-80(5)6)104-86(91)71-65-59-53-46-40-35-22-20-18-16-14-12-10-8-2/h79-83,88H,7-78H2,1-6H3,(H,93,94)(H,95,96)/t81-,82-,83-/m1/s1. The molecule has 0 aromatic heterocycles. The fraction of sp³-hybridized carbons (Fsp3) is 0.954. The van der Waals surface area contributed by atoms with Crippen molar-refractivity contribution in [2.75, 3.05) is 39.6 Å². The van der Waals surface area contributed by atoms with Gasteiger partial charge in [-0.1, -0.05) is 414 Å². The Balaban J connectivity index is 5.24. The van der Waals surface area contributed by atoms with E-state index in [9.17, 15) is 43.2 Å². The first-order valence-electron chi connectivity index (χ1n) is 45.0. The predicted molar refractivity (Wildman–Crippen MR) is 437 cm³/mol. The maximum atomic E-state index is 13.2. The third-order valence-corrected chi connectivity index (χ3v) is 22.4. The molecule has 5 atom stereocenters. The van der Waals surface area contributed by atoms with Gasteiger partial charge in [0.2, 0.25) is 0 Å². The fourth-order valence-corrected chi connectivity index (χ4v) is 15.2. The predicted octanol–water partition coefficient (Wildman–Crippen LogP) is 26.6. The second-order valence-electron chi connectivity index (χ2n) is 32.2. The average Bonchev–Trinajstić information content (AvgIpc) is 0.901. The van der Waals surface area contributed by atoms with Crippen LogP contribution in [0.25, 0.3) is 0 Å². The van der Waals surface area contributed by atoms with Crippen LogP contribution in [0, 0.1) is 11.8 Å². The lowest BCUT2D eigenvalue weighted by Gasteiger charge is -2.21. The van der Waals surface area contributed by atoms with E-state index in [0.717, 1.165) is 102 Å². The van der Waals surface area contributed by atoms with Crippen molar-refractivity contribution in [3.8, 4) is 0 Å². The monoisotopic (exact) mass is 1550 g/mol. The van der Waals surface area contributed by atoms with Crippen molar-refractivity contribution in [1.82, 2.24) is 0 Å². The first-order valence-corrected chi connectivity index (χ1v) is 48.0. The van der Waals surface area contributed by atoms with Crippen LogP contribution in [0.5, 0.6) is 0 Å². The van der Waals surface area contributed by atoms with E-state index in [4.69, 9.17) is 37.0 Å². The second kappa shape index (κ2) is 78.3. The molecule has 0 heterocycles. The Hall–Kier alpha value is -1.94.